The monoisotopic (exact) mass is 292 g/mol. The molecule has 0 amide bonds. The average molecular weight is 292 g/mol. The second kappa shape index (κ2) is 5.05. The van der Waals surface area contributed by atoms with Crippen LogP contribution in [0.5, 0.6) is 0 Å². The Kier molecular flexibility index (Phi) is 4.21. The molecular weight excluding hydrogens is 274 g/mol. The zero-order chi connectivity index (χ0) is 15.0. The fraction of sp³-hybridized carbons (Fsp3) is 0.500. The Hall–Kier alpha value is -1.21. The molecule has 1 aromatic rings. The number of halogens is 2. The van der Waals surface area contributed by atoms with Crippen molar-refractivity contribution in [2.75, 3.05) is 5.73 Å². The van der Waals surface area contributed by atoms with Gasteiger partial charge in [0.15, 0.2) is 5.82 Å². The second-order valence-corrected chi connectivity index (χ2v) is 7.16. The molecule has 1 rings (SSSR count). The van der Waals surface area contributed by atoms with Crippen LogP contribution in [0.3, 0.4) is 0 Å². The molecule has 3 N–H and O–H groups in total. The van der Waals surface area contributed by atoms with Crippen LogP contribution in [0.15, 0.2) is 17.0 Å². The van der Waals surface area contributed by atoms with E-state index in [9.17, 15) is 17.2 Å². The molecule has 0 aliphatic rings. The fourth-order valence-corrected chi connectivity index (χ4v) is 2.77. The summed E-state index contributed by atoms with van der Waals surface area (Å²) < 4.78 is 53.2. The third-order valence-corrected chi connectivity index (χ3v) is 4.57. The Morgan fingerprint density at radius 2 is 1.79 bits per heavy atom. The van der Waals surface area contributed by atoms with E-state index in [4.69, 9.17) is 5.73 Å². The molecule has 0 aromatic heterocycles. The first kappa shape index (κ1) is 15.8. The lowest BCUT2D eigenvalue weighted by Gasteiger charge is -2.27. The molecule has 1 unspecified atom stereocenters. The second-order valence-electron chi connectivity index (χ2n) is 5.48. The van der Waals surface area contributed by atoms with Crippen LogP contribution in [0.4, 0.5) is 14.5 Å². The van der Waals surface area contributed by atoms with Crippen molar-refractivity contribution in [2.24, 2.45) is 5.41 Å². The molecule has 0 aliphatic heterocycles. The van der Waals surface area contributed by atoms with Crippen molar-refractivity contribution in [1.82, 2.24) is 4.72 Å². The molecule has 0 saturated carbocycles. The van der Waals surface area contributed by atoms with Gasteiger partial charge in [-0.1, -0.05) is 20.8 Å². The van der Waals surface area contributed by atoms with Crippen LogP contribution in [-0.2, 0) is 10.0 Å². The zero-order valence-electron chi connectivity index (χ0n) is 11.3. The minimum Gasteiger partial charge on any atom is -0.394 e. The highest BCUT2D eigenvalue weighted by Gasteiger charge is 2.28. The minimum absolute atomic E-state index is 0.338. The number of rotatable bonds is 3. The summed E-state index contributed by atoms with van der Waals surface area (Å²) in [5, 5.41) is 0. The Balaban J connectivity index is 3.19. The summed E-state index contributed by atoms with van der Waals surface area (Å²) in [4.78, 5) is -0.650. The van der Waals surface area contributed by atoms with E-state index < -0.39 is 38.3 Å². The van der Waals surface area contributed by atoms with Crippen LogP contribution in [0, 0.1) is 17.0 Å². The van der Waals surface area contributed by atoms with Crippen molar-refractivity contribution < 1.29 is 17.2 Å². The highest BCUT2D eigenvalue weighted by Crippen LogP contribution is 2.25. The largest absolute Gasteiger partial charge is 0.394 e. The van der Waals surface area contributed by atoms with E-state index in [1.165, 1.54) is 0 Å². The van der Waals surface area contributed by atoms with Gasteiger partial charge in [-0.3, -0.25) is 0 Å². The number of nitrogens with one attached hydrogen (secondary N) is 1. The molecule has 7 heteroatoms. The highest BCUT2D eigenvalue weighted by molar-refractivity contribution is 7.89. The van der Waals surface area contributed by atoms with Gasteiger partial charge in [0, 0.05) is 6.04 Å². The maximum atomic E-state index is 13.7. The van der Waals surface area contributed by atoms with Gasteiger partial charge in [-0.25, -0.2) is 21.9 Å². The van der Waals surface area contributed by atoms with Gasteiger partial charge in [-0.15, -0.1) is 0 Å². The van der Waals surface area contributed by atoms with Gasteiger partial charge < -0.3 is 5.73 Å². The lowest BCUT2D eigenvalue weighted by Crippen LogP contribution is -2.41. The summed E-state index contributed by atoms with van der Waals surface area (Å²) in [6.07, 6.45) is 0. The predicted molar refractivity (Wildman–Crippen MR) is 70.0 cm³/mol. The van der Waals surface area contributed by atoms with E-state index in [0.29, 0.717) is 0 Å². The first-order valence-electron chi connectivity index (χ1n) is 5.72. The van der Waals surface area contributed by atoms with E-state index in [0.717, 1.165) is 12.1 Å². The molecule has 19 heavy (non-hydrogen) atoms. The molecule has 0 bridgehead atoms. The van der Waals surface area contributed by atoms with Crippen LogP contribution in [-0.4, -0.2) is 14.5 Å². The van der Waals surface area contributed by atoms with Gasteiger partial charge in [0.25, 0.3) is 0 Å². The van der Waals surface area contributed by atoms with Crippen LogP contribution in [0.25, 0.3) is 0 Å². The van der Waals surface area contributed by atoms with E-state index in [1.807, 2.05) is 20.8 Å². The normalized spacial score (nSPS) is 14.4. The summed E-state index contributed by atoms with van der Waals surface area (Å²) in [6, 6.07) is 1.26. The van der Waals surface area contributed by atoms with Crippen molar-refractivity contribution >= 4 is 15.7 Å². The molecule has 0 spiro atoms. The summed E-state index contributed by atoms with van der Waals surface area (Å²) >= 11 is 0. The molecule has 1 aromatic carbocycles. The molecule has 0 saturated heterocycles. The molecule has 0 aliphatic carbocycles. The quantitative estimate of drug-likeness (QED) is 0.839. The SMILES string of the molecule is CC(NS(=O)(=O)c1ccc(F)c(N)c1F)C(C)(C)C. The summed E-state index contributed by atoms with van der Waals surface area (Å²) in [5.74, 6) is -2.26. The average Bonchev–Trinajstić information content (AvgIpc) is 2.23. The van der Waals surface area contributed by atoms with Crippen LogP contribution in [0.1, 0.15) is 27.7 Å². The molecule has 1 atom stereocenters. The van der Waals surface area contributed by atoms with Crippen molar-refractivity contribution in [3.05, 3.63) is 23.8 Å². The molecule has 0 radical (unpaired) electrons. The Bertz CT molecular complexity index is 580. The fourth-order valence-electron chi connectivity index (χ4n) is 1.23. The third-order valence-electron chi connectivity index (χ3n) is 3.01. The molecular formula is C12H18F2N2O2S. The number of nitrogen functional groups attached to an aromatic ring is 1. The maximum Gasteiger partial charge on any atom is 0.243 e. The lowest BCUT2D eigenvalue weighted by molar-refractivity contribution is 0.317. The molecule has 0 heterocycles. The first-order valence-corrected chi connectivity index (χ1v) is 7.21. The Labute approximate surface area is 112 Å². The summed E-state index contributed by atoms with van der Waals surface area (Å²) in [5.41, 5.74) is 4.02. The minimum atomic E-state index is -4.08. The predicted octanol–water partition coefficient (Wildman–Crippen LogP) is 2.26. The smallest absolute Gasteiger partial charge is 0.243 e. The Morgan fingerprint density at radius 3 is 2.26 bits per heavy atom. The van der Waals surface area contributed by atoms with E-state index >= 15 is 0 Å². The van der Waals surface area contributed by atoms with Crippen molar-refractivity contribution in [1.29, 1.82) is 0 Å². The van der Waals surface area contributed by atoms with Crippen LogP contribution >= 0.6 is 0 Å². The Morgan fingerprint density at radius 1 is 1.26 bits per heavy atom. The highest BCUT2D eigenvalue weighted by atomic mass is 32.2. The third kappa shape index (κ3) is 3.42. The topological polar surface area (TPSA) is 72.2 Å². The lowest BCUT2D eigenvalue weighted by atomic mass is 9.89. The van der Waals surface area contributed by atoms with Crippen LogP contribution < -0.4 is 10.5 Å². The number of hydrogen-bond acceptors (Lipinski definition) is 3. The van der Waals surface area contributed by atoms with Gasteiger partial charge in [0.1, 0.15) is 16.4 Å². The molecule has 108 valence electrons. The maximum absolute atomic E-state index is 13.7. The van der Waals surface area contributed by atoms with Crippen molar-refractivity contribution in [2.45, 2.75) is 38.6 Å². The number of hydrogen-bond donors (Lipinski definition) is 2. The van der Waals surface area contributed by atoms with Gasteiger partial charge in [0.05, 0.1) is 0 Å². The zero-order valence-corrected chi connectivity index (χ0v) is 12.1. The van der Waals surface area contributed by atoms with Crippen molar-refractivity contribution in [3.63, 3.8) is 0 Å². The summed E-state index contributed by atoms with van der Waals surface area (Å²) in [6.45, 7) is 7.20. The number of benzene rings is 1. The molecule has 4 nitrogen and oxygen atoms in total. The standard InChI is InChI=1S/C12H18F2N2O2S/c1-7(12(2,3)4)16-19(17,18)9-6-5-8(13)11(15)10(9)14/h5-7,16H,15H2,1-4H3. The first-order chi connectivity index (χ1) is 8.47. The number of sulfonamides is 1. The van der Waals surface area contributed by atoms with Crippen molar-refractivity contribution in [3.8, 4) is 0 Å². The van der Waals surface area contributed by atoms with E-state index in [2.05, 4.69) is 4.72 Å². The summed E-state index contributed by atoms with van der Waals surface area (Å²) in [7, 11) is -4.08. The van der Waals surface area contributed by atoms with Gasteiger partial charge in [-0.05, 0) is 24.5 Å². The molecule has 0 fully saturated rings. The van der Waals surface area contributed by atoms with Crippen LogP contribution in [0.2, 0.25) is 0 Å². The van der Waals surface area contributed by atoms with Gasteiger partial charge in [0.2, 0.25) is 10.0 Å². The van der Waals surface area contributed by atoms with E-state index in [-0.39, 0.29) is 5.41 Å². The van der Waals surface area contributed by atoms with Gasteiger partial charge >= 0.3 is 0 Å². The van der Waals surface area contributed by atoms with Gasteiger partial charge in [-0.2, -0.15) is 0 Å². The number of nitrogens with two attached hydrogens (primary N) is 1. The number of anilines is 1. The van der Waals surface area contributed by atoms with E-state index in [1.54, 1.807) is 6.92 Å².